The van der Waals surface area contributed by atoms with Gasteiger partial charge in [-0.3, -0.25) is 24.6 Å². The monoisotopic (exact) mass is 493 g/mol. The number of aromatic nitrogens is 1. The van der Waals surface area contributed by atoms with Crippen molar-refractivity contribution in [2.75, 3.05) is 20.3 Å². The minimum atomic E-state index is -0.442. The second kappa shape index (κ2) is 10.1. The average Bonchev–Trinajstić information content (AvgIpc) is 3.28. The minimum Gasteiger partial charge on any atom is -0.493 e. The molecule has 0 bridgehead atoms. The number of para-hydroxylation sites is 2. The van der Waals surface area contributed by atoms with Gasteiger partial charge < -0.3 is 14.0 Å². The number of ether oxygens (including phenoxy) is 2. The Balaban J connectivity index is 1.49. The van der Waals surface area contributed by atoms with Crippen LogP contribution in [0.15, 0.2) is 59.5 Å². The highest BCUT2D eigenvalue weighted by Crippen LogP contribution is 2.34. The third-order valence-corrected chi connectivity index (χ3v) is 6.50. The number of nitro benzene ring substituents is 1. The van der Waals surface area contributed by atoms with Gasteiger partial charge in [-0.05, 0) is 67.6 Å². The lowest BCUT2D eigenvalue weighted by Crippen LogP contribution is -2.32. The molecular formula is C25H23N3O6S. The van der Waals surface area contributed by atoms with Gasteiger partial charge in [0.1, 0.15) is 6.61 Å². The van der Waals surface area contributed by atoms with Crippen LogP contribution in [0.3, 0.4) is 0 Å². The molecule has 9 nitrogen and oxygen atoms in total. The molecule has 1 aromatic heterocycles. The maximum absolute atomic E-state index is 12.9. The van der Waals surface area contributed by atoms with Gasteiger partial charge in [0, 0.05) is 29.2 Å². The van der Waals surface area contributed by atoms with Gasteiger partial charge in [0.2, 0.25) is 0 Å². The van der Waals surface area contributed by atoms with E-state index in [1.165, 1.54) is 17.0 Å². The van der Waals surface area contributed by atoms with Gasteiger partial charge in [0.25, 0.3) is 16.8 Å². The van der Waals surface area contributed by atoms with E-state index in [4.69, 9.17) is 9.47 Å². The molecule has 2 heterocycles. The molecule has 0 radical (unpaired) electrons. The molecular weight excluding hydrogens is 470 g/mol. The van der Waals surface area contributed by atoms with Gasteiger partial charge in [-0.15, -0.1) is 0 Å². The second-order valence-corrected chi connectivity index (χ2v) is 8.76. The maximum atomic E-state index is 12.9. The van der Waals surface area contributed by atoms with Crippen LogP contribution in [-0.2, 0) is 4.79 Å². The fourth-order valence-corrected chi connectivity index (χ4v) is 4.73. The van der Waals surface area contributed by atoms with Crippen molar-refractivity contribution in [1.82, 2.24) is 9.47 Å². The first-order chi connectivity index (χ1) is 16.8. The summed E-state index contributed by atoms with van der Waals surface area (Å²) in [6, 6.07) is 15.3. The summed E-state index contributed by atoms with van der Waals surface area (Å²) in [6.45, 7) is 4.06. The number of thioether (sulfide) groups is 1. The van der Waals surface area contributed by atoms with Crippen LogP contribution in [0.4, 0.5) is 10.5 Å². The zero-order valence-electron chi connectivity index (χ0n) is 19.4. The second-order valence-electron chi connectivity index (χ2n) is 7.77. The molecule has 0 unspecified atom stereocenters. The molecule has 2 aromatic carbocycles. The molecule has 35 heavy (non-hydrogen) atoms. The van der Waals surface area contributed by atoms with Gasteiger partial charge in [-0.1, -0.05) is 12.1 Å². The van der Waals surface area contributed by atoms with E-state index in [0.29, 0.717) is 16.4 Å². The fourth-order valence-electron chi connectivity index (χ4n) is 3.87. The fraction of sp³-hybridized carbons (Fsp3) is 0.200. The first-order valence-corrected chi connectivity index (χ1v) is 11.6. The lowest BCUT2D eigenvalue weighted by Gasteiger charge is -2.14. The van der Waals surface area contributed by atoms with Crippen LogP contribution in [0.5, 0.6) is 11.5 Å². The van der Waals surface area contributed by atoms with E-state index in [-0.39, 0.29) is 30.0 Å². The van der Waals surface area contributed by atoms with Crippen LogP contribution < -0.4 is 9.47 Å². The Morgan fingerprint density at radius 2 is 1.74 bits per heavy atom. The quantitative estimate of drug-likeness (QED) is 0.243. The van der Waals surface area contributed by atoms with E-state index in [9.17, 15) is 19.7 Å². The minimum absolute atomic E-state index is 0.0137. The van der Waals surface area contributed by atoms with Gasteiger partial charge in [0.05, 0.1) is 23.5 Å². The van der Waals surface area contributed by atoms with Crippen molar-refractivity contribution in [3.63, 3.8) is 0 Å². The summed E-state index contributed by atoms with van der Waals surface area (Å²) in [5.41, 5.74) is 3.32. The van der Waals surface area contributed by atoms with Crippen LogP contribution in [0, 0.1) is 24.0 Å². The molecule has 180 valence electrons. The average molecular weight is 494 g/mol. The van der Waals surface area contributed by atoms with E-state index in [2.05, 4.69) is 0 Å². The number of methoxy groups -OCH3 is 1. The number of hydrogen-bond donors (Lipinski definition) is 0. The molecule has 2 amide bonds. The molecule has 0 saturated carbocycles. The zero-order chi connectivity index (χ0) is 25.1. The molecule has 1 aliphatic heterocycles. The number of amides is 2. The summed E-state index contributed by atoms with van der Waals surface area (Å²) >= 11 is 0.889. The largest absolute Gasteiger partial charge is 0.493 e. The maximum Gasteiger partial charge on any atom is 0.293 e. The molecule has 1 aliphatic rings. The number of rotatable bonds is 8. The summed E-state index contributed by atoms with van der Waals surface area (Å²) in [6.07, 6.45) is 1.70. The normalized spacial score (nSPS) is 14.6. The van der Waals surface area contributed by atoms with Crippen molar-refractivity contribution < 1.29 is 24.0 Å². The van der Waals surface area contributed by atoms with Crippen LogP contribution in [0.25, 0.3) is 11.8 Å². The van der Waals surface area contributed by atoms with Gasteiger partial charge in [0.15, 0.2) is 11.5 Å². The molecule has 0 spiro atoms. The predicted octanol–water partition coefficient (Wildman–Crippen LogP) is 5.13. The molecule has 1 saturated heterocycles. The van der Waals surface area contributed by atoms with Crippen molar-refractivity contribution in [3.8, 4) is 17.2 Å². The number of non-ortho nitro benzene ring substituents is 1. The summed E-state index contributed by atoms with van der Waals surface area (Å²) in [5.74, 6) is 0.741. The third-order valence-electron chi connectivity index (χ3n) is 5.59. The number of aryl methyl sites for hydroxylation is 1. The molecule has 3 aromatic rings. The topological polar surface area (TPSA) is 104 Å². The van der Waals surface area contributed by atoms with Crippen molar-refractivity contribution in [2.24, 2.45) is 0 Å². The molecule has 0 aliphatic carbocycles. The first-order valence-electron chi connectivity index (χ1n) is 10.7. The van der Waals surface area contributed by atoms with Crippen molar-refractivity contribution in [3.05, 3.63) is 86.6 Å². The summed E-state index contributed by atoms with van der Waals surface area (Å²) in [4.78, 5) is 37.4. The number of nitro groups is 1. The molecule has 0 N–H and O–H groups in total. The Morgan fingerprint density at radius 3 is 2.40 bits per heavy atom. The SMILES string of the molecule is COc1ccccc1OCCN1C(=O)S/C(=C\c2cc(C)n(-c3ccc([N+](=O)[O-])cc3)c2C)C1=O. The lowest BCUT2D eigenvalue weighted by atomic mass is 10.2. The third kappa shape index (κ3) is 4.92. The highest BCUT2D eigenvalue weighted by molar-refractivity contribution is 8.18. The van der Waals surface area contributed by atoms with E-state index in [0.717, 1.165) is 34.4 Å². The van der Waals surface area contributed by atoms with Crippen molar-refractivity contribution >= 4 is 34.7 Å². The number of carbonyl (C=O) groups excluding carboxylic acids is 2. The Labute approximate surface area is 206 Å². The highest BCUT2D eigenvalue weighted by atomic mass is 32.2. The van der Waals surface area contributed by atoms with Gasteiger partial charge in [-0.25, -0.2) is 0 Å². The van der Waals surface area contributed by atoms with Crippen LogP contribution >= 0.6 is 11.8 Å². The number of imide groups is 1. The standard InChI is InChI=1S/C25H23N3O6S/c1-16-14-18(17(2)27(16)19-8-10-20(11-9-19)28(31)32)15-23-24(29)26(25(30)35-23)12-13-34-22-7-5-4-6-21(22)33-3/h4-11,14-15H,12-13H2,1-3H3/b23-15-. The summed E-state index contributed by atoms with van der Waals surface area (Å²) < 4.78 is 12.9. The predicted molar refractivity (Wildman–Crippen MR) is 133 cm³/mol. The van der Waals surface area contributed by atoms with Crippen LogP contribution in [-0.4, -0.2) is 45.8 Å². The molecule has 0 atom stereocenters. The molecule has 4 rings (SSSR count). The Kier molecular flexibility index (Phi) is 6.92. The van der Waals surface area contributed by atoms with Crippen molar-refractivity contribution in [1.29, 1.82) is 0 Å². The smallest absolute Gasteiger partial charge is 0.293 e. The van der Waals surface area contributed by atoms with E-state index in [1.807, 2.05) is 36.6 Å². The zero-order valence-corrected chi connectivity index (χ0v) is 20.2. The highest BCUT2D eigenvalue weighted by Gasteiger charge is 2.35. The van der Waals surface area contributed by atoms with Gasteiger partial charge >= 0.3 is 0 Å². The van der Waals surface area contributed by atoms with Crippen molar-refractivity contribution in [2.45, 2.75) is 13.8 Å². The number of benzene rings is 2. The Bertz CT molecular complexity index is 1330. The van der Waals surface area contributed by atoms with E-state index in [1.54, 1.807) is 37.5 Å². The Morgan fingerprint density at radius 1 is 1.06 bits per heavy atom. The first kappa shape index (κ1) is 24.1. The number of nitrogens with zero attached hydrogens (tertiary/aromatic N) is 3. The van der Waals surface area contributed by atoms with Crippen LogP contribution in [0.1, 0.15) is 17.0 Å². The molecule has 10 heteroatoms. The summed E-state index contributed by atoms with van der Waals surface area (Å²) in [7, 11) is 1.54. The van der Waals surface area contributed by atoms with Crippen LogP contribution in [0.2, 0.25) is 0 Å². The lowest BCUT2D eigenvalue weighted by molar-refractivity contribution is -0.384. The van der Waals surface area contributed by atoms with E-state index < -0.39 is 4.92 Å². The number of carbonyl (C=O) groups is 2. The summed E-state index contributed by atoms with van der Waals surface area (Å²) in [5, 5.41) is 10.6. The number of hydrogen-bond acceptors (Lipinski definition) is 7. The van der Waals surface area contributed by atoms with Gasteiger partial charge in [-0.2, -0.15) is 0 Å². The van der Waals surface area contributed by atoms with E-state index >= 15 is 0 Å². The molecule has 1 fully saturated rings. The Hall–Kier alpha value is -4.05.